The van der Waals surface area contributed by atoms with Crippen LogP contribution in [0.4, 0.5) is 10.3 Å². The van der Waals surface area contributed by atoms with Crippen LogP contribution in [-0.4, -0.2) is 27.3 Å². The average molecular weight is 406 g/mol. The molecule has 1 aromatic heterocycles. The second kappa shape index (κ2) is 9.36. The van der Waals surface area contributed by atoms with Crippen molar-refractivity contribution in [1.82, 2.24) is 20.2 Å². The second-order valence-corrected chi connectivity index (χ2v) is 6.46. The van der Waals surface area contributed by atoms with Crippen LogP contribution in [0.25, 0.3) is 0 Å². The average Bonchev–Trinajstić information content (AvgIpc) is 3.14. The number of benzene rings is 2. The van der Waals surface area contributed by atoms with Gasteiger partial charge in [-0.2, -0.15) is 0 Å². The Hall–Kier alpha value is -2.87. The first-order valence-corrected chi connectivity index (χ1v) is 9.22. The summed E-state index contributed by atoms with van der Waals surface area (Å²) >= 11 is 6.04. The highest BCUT2D eigenvalue weighted by Crippen LogP contribution is 2.30. The molecule has 0 unspecified atom stereocenters. The number of ether oxygens (including phenoxy) is 2. The predicted octanol–water partition coefficient (Wildman–Crippen LogP) is 4.08. The largest absolute Gasteiger partial charge is 0.493 e. The van der Waals surface area contributed by atoms with E-state index < -0.39 is 5.82 Å². The van der Waals surface area contributed by atoms with Gasteiger partial charge in [0.1, 0.15) is 12.4 Å². The Kier molecular flexibility index (Phi) is 6.65. The van der Waals surface area contributed by atoms with Crippen LogP contribution in [0.15, 0.2) is 36.4 Å². The van der Waals surface area contributed by atoms with E-state index in [1.807, 2.05) is 12.1 Å². The number of hydrogen-bond acceptors (Lipinski definition) is 6. The van der Waals surface area contributed by atoms with Crippen LogP contribution in [-0.2, 0) is 19.7 Å². The van der Waals surface area contributed by atoms with Crippen molar-refractivity contribution in [2.75, 3.05) is 12.4 Å². The first-order chi connectivity index (χ1) is 13.6. The van der Waals surface area contributed by atoms with Gasteiger partial charge in [-0.1, -0.05) is 35.8 Å². The molecular weight excluding hydrogens is 385 g/mol. The lowest BCUT2D eigenvalue weighted by atomic mass is 10.2. The SMILES string of the molecule is CCCn1nnnc1NCc1ccc(OCc2c(F)cccc2Cl)c(OC)c1. The van der Waals surface area contributed by atoms with E-state index in [0.29, 0.717) is 34.6 Å². The fraction of sp³-hybridized carbons (Fsp3) is 0.316. The molecule has 0 spiro atoms. The highest BCUT2D eigenvalue weighted by Gasteiger charge is 2.11. The fourth-order valence-corrected chi connectivity index (χ4v) is 2.85. The molecule has 7 nitrogen and oxygen atoms in total. The van der Waals surface area contributed by atoms with E-state index in [1.165, 1.54) is 6.07 Å². The van der Waals surface area contributed by atoms with Crippen molar-refractivity contribution in [3.8, 4) is 11.5 Å². The van der Waals surface area contributed by atoms with Gasteiger partial charge in [0.05, 0.1) is 12.1 Å². The molecule has 1 N–H and O–H groups in total. The number of aryl methyl sites for hydroxylation is 1. The topological polar surface area (TPSA) is 74.1 Å². The molecule has 0 aliphatic rings. The van der Waals surface area contributed by atoms with E-state index in [-0.39, 0.29) is 6.61 Å². The monoisotopic (exact) mass is 405 g/mol. The maximum absolute atomic E-state index is 13.9. The number of hydrogen-bond donors (Lipinski definition) is 1. The normalized spacial score (nSPS) is 10.7. The third kappa shape index (κ3) is 4.69. The zero-order chi connectivity index (χ0) is 19.9. The Morgan fingerprint density at radius 2 is 2.07 bits per heavy atom. The first kappa shape index (κ1) is 19.9. The molecule has 0 radical (unpaired) electrons. The number of aromatic nitrogens is 4. The smallest absolute Gasteiger partial charge is 0.243 e. The van der Waals surface area contributed by atoms with Crippen molar-refractivity contribution in [2.24, 2.45) is 0 Å². The molecule has 0 fully saturated rings. The molecule has 0 atom stereocenters. The van der Waals surface area contributed by atoms with Gasteiger partial charge in [-0.3, -0.25) is 0 Å². The van der Waals surface area contributed by atoms with Crippen molar-refractivity contribution in [3.05, 3.63) is 58.4 Å². The third-order valence-corrected chi connectivity index (χ3v) is 4.43. The van der Waals surface area contributed by atoms with Gasteiger partial charge in [0, 0.05) is 18.7 Å². The van der Waals surface area contributed by atoms with Crippen molar-refractivity contribution < 1.29 is 13.9 Å². The highest BCUT2D eigenvalue weighted by molar-refractivity contribution is 6.31. The Balaban J connectivity index is 1.67. The van der Waals surface area contributed by atoms with Crippen molar-refractivity contribution in [2.45, 2.75) is 33.0 Å². The second-order valence-electron chi connectivity index (χ2n) is 6.05. The summed E-state index contributed by atoms with van der Waals surface area (Å²) in [5, 5.41) is 15.1. The first-order valence-electron chi connectivity index (χ1n) is 8.85. The lowest BCUT2D eigenvalue weighted by Crippen LogP contribution is -2.09. The molecule has 148 valence electrons. The summed E-state index contributed by atoms with van der Waals surface area (Å²) in [4.78, 5) is 0. The van der Waals surface area contributed by atoms with Gasteiger partial charge in [-0.25, -0.2) is 9.07 Å². The molecule has 3 aromatic rings. The standard InChI is InChI=1S/C19H21ClFN5O2/c1-3-9-26-19(23-24-25-26)22-11-13-7-8-17(18(10-13)27-2)28-12-14-15(20)5-4-6-16(14)21/h4-8,10H,3,9,11-12H2,1-2H3,(H,22,23,25). The zero-order valence-electron chi connectivity index (χ0n) is 15.7. The molecule has 28 heavy (non-hydrogen) atoms. The van der Waals surface area contributed by atoms with E-state index in [9.17, 15) is 4.39 Å². The lowest BCUT2D eigenvalue weighted by Gasteiger charge is -2.14. The number of methoxy groups -OCH3 is 1. The predicted molar refractivity (Wildman–Crippen MR) is 104 cm³/mol. The van der Waals surface area contributed by atoms with Gasteiger partial charge in [0.25, 0.3) is 0 Å². The Morgan fingerprint density at radius 1 is 1.21 bits per heavy atom. The summed E-state index contributed by atoms with van der Waals surface area (Å²) in [6, 6.07) is 10.0. The van der Waals surface area contributed by atoms with Gasteiger partial charge >= 0.3 is 0 Å². The van der Waals surface area contributed by atoms with Gasteiger partial charge in [-0.15, -0.1) is 0 Å². The van der Waals surface area contributed by atoms with Crippen LogP contribution in [0.2, 0.25) is 5.02 Å². The maximum Gasteiger partial charge on any atom is 0.243 e. The molecule has 0 aliphatic carbocycles. The molecule has 9 heteroatoms. The molecule has 0 bridgehead atoms. The van der Waals surface area contributed by atoms with E-state index in [4.69, 9.17) is 21.1 Å². The van der Waals surface area contributed by atoms with Crippen LogP contribution in [0.5, 0.6) is 11.5 Å². The van der Waals surface area contributed by atoms with Crippen molar-refractivity contribution >= 4 is 17.5 Å². The van der Waals surface area contributed by atoms with E-state index >= 15 is 0 Å². The molecule has 0 saturated heterocycles. The number of nitrogens with zero attached hydrogens (tertiary/aromatic N) is 4. The molecule has 0 aliphatic heterocycles. The maximum atomic E-state index is 13.9. The van der Waals surface area contributed by atoms with Gasteiger partial charge in [-0.05, 0) is 46.7 Å². The van der Waals surface area contributed by atoms with E-state index in [0.717, 1.165) is 18.5 Å². The quantitative estimate of drug-likeness (QED) is 0.578. The molecule has 1 heterocycles. The number of tetrazole rings is 1. The number of anilines is 1. The number of halogens is 2. The number of rotatable bonds is 9. The lowest BCUT2D eigenvalue weighted by molar-refractivity contribution is 0.279. The summed E-state index contributed by atoms with van der Waals surface area (Å²) in [7, 11) is 1.55. The van der Waals surface area contributed by atoms with E-state index in [2.05, 4.69) is 27.8 Å². The van der Waals surface area contributed by atoms with Crippen molar-refractivity contribution in [1.29, 1.82) is 0 Å². The van der Waals surface area contributed by atoms with Crippen LogP contribution in [0.1, 0.15) is 24.5 Å². The Labute approximate surface area is 167 Å². The van der Waals surface area contributed by atoms with Gasteiger partial charge in [0.15, 0.2) is 11.5 Å². The minimum Gasteiger partial charge on any atom is -0.493 e. The van der Waals surface area contributed by atoms with E-state index in [1.54, 1.807) is 30.0 Å². The minimum atomic E-state index is -0.405. The van der Waals surface area contributed by atoms with Gasteiger partial charge in [0.2, 0.25) is 5.95 Å². The summed E-state index contributed by atoms with van der Waals surface area (Å²) in [5.41, 5.74) is 1.26. The third-order valence-electron chi connectivity index (χ3n) is 4.08. The molecule has 2 aromatic carbocycles. The number of nitrogens with one attached hydrogen (secondary N) is 1. The molecule has 3 rings (SSSR count). The summed E-state index contributed by atoms with van der Waals surface area (Å²) < 4.78 is 26.8. The van der Waals surface area contributed by atoms with Crippen LogP contribution < -0.4 is 14.8 Å². The van der Waals surface area contributed by atoms with Crippen LogP contribution >= 0.6 is 11.6 Å². The summed E-state index contributed by atoms with van der Waals surface area (Å²) in [5.74, 6) is 1.24. The molecule has 0 amide bonds. The zero-order valence-corrected chi connectivity index (χ0v) is 16.4. The van der Waals surface area contributed by atoms with Crippen LogP contribution in [0, 0.1) is 5.82 Å². The van der Waals surface area contributed by atoms with Gasteiger partial charge < -0.3 is 14.8 Å². The van der Waals surface area contributed by atoms with Crippen molar-refractivity contribution in [3.63, 3.8) is 0 Å². The summed E-state index contributed by atoms with van der Waals surface area (Å²) in [6.07, 6.45) is 0.936. The Bertz CT molecular complexity index is 914. The fourth-order valence-electron chi connectivity index (χ4n) is 2.64. The highest BCUT2D eigenvalue weighted by atomic mass is 35.5. The Morgan fingerprint density at radius 3 is 2.82 bits per heavy atom. The summed E-state index contributed by atoms with van der Waals surface area (Å²) in [6.45, 7) is 3.32. The minimum absolute atomic E-state index is 0.00521. The van der Waals surface area contributed by atoms with Crippen LogP contribution in [0.3, 0.4) is 0 Å². The molecule has 0 saturated carbocycles. The molecular formula is C19H21ClFN5O2.